The third kappa shape index (κ3) is 8.14. The third-order valence-corrected chi connectivity index (χ3v) is 12.1. The summed E-state index contributed by atoms with van der Waals surface area (Å²) in [6, 6.07) is 91.8. The highest BCUT2D eigenvalue weighted by molar-refractivity contribution is 6.05. The summed E-state index contributed by atoms with van der Waals surface area (Å²) in [5, 5.41) is 0. The van der Waals surface area contributed by atoms with Gasteiger partial charge in [-0.2, -0.15) is 0 Å². The highest BCUT2D eigenvalue weighted by atomic mass is 14.9. The van der Waals surface area contributed by atoms with Crippen LogP contribution in [0.1, 0.15) is 0 Å². The Morgan fingerprint density at radius 2 is 0.500 bits per heavy atom. The van der Waals surface area contributed by atoms with Crippen LogP contribution < -0.4 is 0 Å². The van der Waals surface area contributed by atoms with Gasteiger partial charge in [0.2, 0.25) is 0 Å². The lowest BCUT2D eigenvalue weighted by atomic mass is 9.83. The number of hydrogen-bond donors (Lipinski definition) is 0. The maximum atomic E-state index is 5.66. The first kappa shape index (κ1) is 40.0. The Balaban J connectivity index is 1.18. The van der Waals surface area contributed by atoms with E-state index in [2.05, 4.69) is 243 Å². The van der Waals surface area contributed by atoms with Gasteiger partial charge in [-0.05, 0) is 69.3 Å². The van der Waals surface area contributed by atoms with Crippen LogP contribution in [0, 0.1) is 0 Å². The molecular formula is C63H43N3. The zero-order chi connectivity index (χ0) is 44.1. The van der Waals surface area contributed by atoms with E-state index < -0.39 is 0 Å². The van der Waals surface area contributed by atoms with E-state index in [0.717, 1.165) is 106 Å². The summed E-state index contributed by atoms with van der Waals surface area (Å²) in [6.45, 7) is 0. The molecule has 0 aliphatic rings. The Hall–Kier alpha value is -8.79. The molecule has 0 unspecified atom stereocenters. The number of benzene rings is 9. The van der Waals surface area contributed by atoms with Crippen molar-refractivity contribution in [3.8, 4) is 112 Å². The summed E-state index contributed by atoms with van der Waals surface area (Å²) in [5.41, 5.74) is 19.6. The second kappa shape index (κ2) is 18.1. The lowest BCUT2D eigenvalue weighted by Crippen LogP contribution is -2.02. The maximum Gasteiger partial charge on any atom is 0.160 e. The first-order valence-corrected chi connectivity index (χ1v) is 22.3. The molecule has 0 radical (unpaired) electrons. The van der Waals surface area contributed by atoms with Gasteiger partial charge in [-0.1, -0.05) is 231 Å². The molecule has 0 aliphatic heterocycles. The van der Waals surface area contributed by atoms with Crippen LogP contribution in [0.2, 0.25) is 0 Å². The van der Waals surface area contributed by atoms with Crippen LogP contribution in [0.25, 0.3) is 112 Å². The number of rotatable bonds is 10. The van der Waals surface area contributed by atoms with Crippen LogP contribution in [0.15, 0.2) is 261 Å². The molecule has 0 saturated carbocycles. The number of aromatic nitrogens is 3. The predicted molar refractivity (Wildman–Crippen MR) is 274 cm³/mol. The van der Waals surface area contributed by atoms with Gasteiger partial charge in [-0.25, -0.2) is 15.0 Å². The van der Waals surface area contributed by atoms with E-state index in [4.69, 9.17) is 15.0 Å². The van der Waals surface area contributed by atoms with Gasteiger partial charge in [0, 0.05) is 44.5 Å². The first-order valence-electron chi connectivity index (χ1n) is 22.3. The quantitative estimate of drug-likeness (QED) is 0.138. The van der Waals surface area contributed by atoms with Gasteiger partial charge in [0.25, 0.3) is 0 Å². The van der Waals surface area contributed by atoms with Crippen LogP contribution in [0.3, 0.4) is 0 Å². The predicted octanol–water partition coefficient (Wildman–Crippen LogP) is 16.5. The molecule has 2 aromatic heterocycles. The van der Waals surface area contributed by atoms with Crippen LogP contribution in [-0.4, -0.2) is 15.0 Å². The van der Waals surface area contributed by atoms with Crippen LogP contribution in [0.4, 0.5) is 0 Å². The highest BCUT2D eigenvalue weighted by Gasteiger charge is 2.26. The Labute approximate surface area is 386 Å². The average molecular weight is 842 g/mol. The molecule has 0 N–H and O–H groups in total. The normalized spacial score (nSPS) is 11.0. The summed E-state index contributed by atoms with van der Waals surface area (Å²) in [7, 11) is 0. The molecule has 3 heteroatoms. The number of nitrogens with zero attached hydrogens (tertiary/aromatic N) is 3. The van der Waals surface area contributed by atoms with Crippen molar-refractivity contribution in [1.82, 2.24) is 15.0 Å². The molecule has 0 atom stereocenters. The Kier molecular flexibility index (Phi) is 11.0. The molecule has 310 valence electrons. The second-order valence-corrected chi connectivity index (χ2v) is 16.3. The molecule has 11 aromatic rings. The van der Waals surface area contributed by atoms with E-state index in [1.807, 2.05) is 18.2 Å². The maximum absolute atomic E-state index is 5.66. The first-order chi connectivity index (χ1) is 32.7. The van der Waals surface area contributed by atoms with Gasteiger partial charge in [0.1, 0.15) is 0 Å². The molecule has 66 heavy (non-hydrogen) atoms. The lowest BCUT2D eigenvalue weighted by Gasteiger charge is -2.23. The van der Waals surface area contributed by atoms with Crippen molar-refractivity contribution in [2.24, 2.45) is 0 Å². The van der Waals surface area contributed by atoms with Crippen LogP contribution in [0.5, 0.6) is 0 Å². The molecule has 0 fully saturated rings. The fraction of sp³-hybridized carbons (Fsp3) is 0. The van der Waals surface area contributed by atoms with Gasteiger partial charge >= 0.3 is 0 Å². The molecule has 11 rings (SSSR count). The van der Waals surface area contributed by atoms with E-state index in [0.29, 0.717) is 5.82 Å². The Morgan fingerprint density at radius 3 is 0.939 bits per heavy atom. The van der Waals surface area contributed by atoms with Crippen molar-refractivity contribution in [3.05, 3.63) is 261 Å². The molecule has 0 bridgehead atoms. The zero-order valence-corrected chi connectivity index (χ0v) is 36.2. The average Bonchev–Trinajstić information content (AvgIpc) is 3.41. The van der Waals surface area contributed by atoms with Crippen molar-refractivity contribution in [2.75, 3.05) is 0 Å². The van der Waals surface area contributed by atoms with Crippen molar-refractivity contribution in [3.63, 3.8) is 0 Å². The molecule has 0 saturated heterocycles. The fourth-order valence-corrected chi connectivity index (χ4v) is 8.92. The van der Waals surface area contributed by atoms with E-state index in [9.17, 15) is 0 Å². The topological polar surface area (TPSA) is 38.7 Å². The zero-order valence-electron chi connectivity index (χ0n) is 36.2. The fourth-order valence-electron chi connectivity index (χ4n) is 8.92. The summed E-state index contributed by atoms with van der Waals surface area (Å²) in [6.07, 6.45) is 0. The minimum Gasteiger partial charge on any atom is -0.246 e. The van der Waals surface area contributed by atoms with Gasteiger partial charge < -0.3 is 0 Å². The smallest absolute Gasteiger partial charge is 0.160 e. The molecule has 2 heterocycles. The van der Waals surface area contributed by atoms with Crippen molar-refractivity contribution in [2.45, 2.75) is 0 Å². The monoisotopic (exact) mass is 841 g/mol. The summed E-state index contributed by atoms with van der Waals surface area (Å²) < 4.78 is 0. The number of pyridine rings is 1. The molecule has 0 aliphatic carbocycles. The second-order valence-electron chi connectivity index (χ2n) is 16.3. The van der Waals surface area contributed by atoms with Crippen molar-refractivity contribution < 1.29 is 0 Å². The summed E-state index contributed by atoms with van der Waals surface area (Å²) >= 11 is 0. The highest BCUT2D eigenvalue weighted by Crippen LogP contribution is 2.49. The molecule has 9 aromatic carbocycles. The minimum absolute atomic E-state index is 0.663. The minimum atomic E-state index is 0.663. The third-order valence-electron chi connectivity index (χ3n) is 12.1. The lowest BCUT2D eigenvalue weighted by molar-refractivity contribution is 1.18. The van der Waals surface area contributed by atoms with Gasteiger partial charge in [0.15, 0.2) is 5.82 Å². The van der Waals surface area contributed by atoms with E-state index in [1.165, 1.54) is 0 Å². The van der Waals surface area contributed by atoms with Crippen LogP contribution in [-0.2, 0) is 0 Å². The Bertz CT molecular complexity index is 3250. The van der Waals surface area contributed by atoms with Gasteiger partial charge in [-0.15, -0.1) is 0 Å². The molecule has 0 amide bonds. The SMILES string of the molecule is c1ccc(-c2cc(-c3ccccc3)cc(-c3cc(-c4cccc(-c5c(-c6ccccc6)c(-c6ccccc6)nc(-c6ccccc6)c5-c5ccccc5)c4)nc(-c4ccccc4)n3)c2)cc1. The largest absolute Gasteiger partial charge is 0.246 e. The molecule has 3 nitrogen and oxygen atoms in total. The summed E-state index contributed by atoms with van der Waals surface area (Å²) in [5.74, 6) is 0.663. The standard InChI is InChI=1S/C63H43N3/c1-8-23-44(24-9-1)53-40-54(45-25-10-2-11-26-45)42-55(41-53)57-43-56(64-63(65-57)50-35-20-7-21-36-50)51-37-22-38-52(39-51)58-59(46-27-12-3-13-28-46)61(48-31-16-5-17-32-48)66-62(49-33-18-6-19-34-49)60(58)47-29-14-4-15-30-47/h1-43H. The van der Waals surface area contributed by atoms with Crippen LogP contribution >= 0.6 is 0 Å². The summed E-state index contributed by atoms with van der Waals surface area (Å²) in [4.78, 5) is 16.4. The van der Waals surface area contributed by atoms with Crippen molar-refractivity contribution >= 4 is 0 Å². The number of hydrogen-bond acceptors (Lipinski definition) is 3. The Morgan fingerprint density at radius 1 is 0.182 bits per heavy atom. The van der Waals surface area contributed by atoms with E-state index >= 15 is 0 Å². The van der Waals surface area contributed by atoms with E-state index in [-0.39, 0.29) is 0 Å². The van der Waals surface area contributed by atoms with Gasteiger partial charge in [-0.3, -0.25) is 0 Å². The van der Waals surface area contributed by atoms with E-state index in [1.54, 1.807) is 0 Å². The molecular weight excluding hydrogens is 799 g/mol. The van der Waals surface area contributed by atoms with Crippen molar-refractivity contribution in [1.29, 1.82) is 0 Å². The van der Waals surface area contributed by atoms with Gasteiger partial charge in [0.05, 0.1) is 22.8 Å². The molecule has 0 spiro atoms.